The van der Waals surface area contributed by atoms with Crippen LogP contribution in [0.15, 0.2) is 0 Å². The van der Waals surface area contributed by atoms with Crippen molar-refractivity contribution in [3.05, 3.63) is 0 Å². The Morgan fingerprint density at radius 3 is 2.92 bits per heavy atom. The van der Waals surface area contributed by atoms with E-state index in [0.29, 0.717) is 24.9 Å². The number of nitrogens with two attached hydrogens (primary N) is 2. The molecule has 1 aliphatic heterocycles. The molecule has 1 amide bonds. The lowest BCUT2D eigenvalue weighted by atomic mass is 9.60. The van der Waals surface area contributed by atoms with Crippen LogP contribution < -0.4 is 11.5 Å². The van der Waals surface area contributed by atoms with E-state index in [1.54, 1.807) is 0 Å². The highest BCUT2D eigenvalue weighted by molar-refractivity contribution is 5.75. The van der Waals surface area contributed by atoms with Gasteiger partial charge in [0.2, 0.25) is 5.91 Å². The first-order chi connectivity index (χ1) is 5.62. The molecule has 1 heterocycles. The molecule has 2 rings (SSSR count). The van der Waals surface area contributed by atoms with Crippen molar-refractivity contribution in [2.45, 2.75) is 18.4 Å². The van der Waals surface area contributed by atoms with Crippen LogP contribution in [-0.2, 0) is 9.53 Å². The summed E-state index contributed by atoms with van der Waals surface area (Å²) in [6.45, 7) is 1.51. The Morgan fingerprint density at radius 1 is 1.58 bits per heavy atom. The maximum absolute atomic E-state index is 10.7. The second-order valence-corrected chi connectivity index (χ2v) is 3.98. The third kappa shape index (κ3) is 1.03. The summed E-state index contributed by atoms with van der Waals surface area (Å²) in [5.41, 5.74) is 10.8. The van der Waals surface area contributed by atoms with Crippen molar-refractivity contribution in [2.75, 3.05) is 13.2 Å². The lowest BCUT2D eigenvalue weighted by Gasteiger charge is -2.48. The van der Waals surface area contributed by atoms with Crippen LogP contribution in [0.1, 0.15) is 12.8 Å². The van der Waals surface area contributed by atoms with Crippen LogP contribution >= 0.6 is 0 Å². The molecule has 12 heavy (non-hydrogen) atoms. The molecular formula is C8H14N2O2. The van der Waals surface area contributed by atoms with Gasteiger partial charge in [-0.1, -0.05) is 0 Å². The average molecular weight is 170 g/mol. The lowest BCUT2D eigenvalue weighted by molar-refractivity contribution is -0.121. The molecule has 68 valence electrons. The fourth-order valence-corrected chi connectivity index (χ4v) is 2.44. The fourth-order valence-electron chi connectivity index (χ4n) is 2.44. The zero-order valence-electron chi connectivity index (χ0n) is 6.95. The van der Waals surface area contributed by atoms with Gasteiger partial charge in [0, 0.05) is 24.5 Å². The zero-order valence-corrected chi connectivity index (χ0v) is 6.95. The largest absolute Gasteiger partial charge is 0.381 e. The highest BCUT2D eigenvalue weighted by Crippen LogP contribution is 2.47. The number of ether oxygens (including phenoxy) is 1. The van der Waals surface area contributed by atoms with Crippen molar-refractivity contribution in [2.24, 2.45) is 23.3 Å². The van der Waals surface area contributed by atoms with E-state index in [4.69, 9.17) is 16.2 Å². The van der Waals surface area contributed by atoms with Crippen LogP contribution in [0.4, 0.5) is 0 Å². The number of hydrogen-bond acceptors (Lipinski definition) is 3. The van der Waals surface area contributed by atoms with Gasteiger partial charge in [-0.25, -0.2) is 0 Å². The molecule has 0 radical (unpaired) electrons. The SMILES string of the molecule is NC(=O)CC1(N)CC2COCC21. The molecule has 3 unspecified atom stereocenters. The van der Waals surface area contributed by atoms with Gasteiger partial charge in [-0.05, 0) is 12.3 Å². The van der Waals surface area contributed by atoms with Crippen molar-refractivity contribution >= 4 is 5.91 Å². The van der Waals surface area contributed by atoms with Crippen molar-refractivity contribution in [3.63, 3.8) is 0 Å². The first-order valence-corrected chi connectivity index (χ1v) is 4.27. The standard InChI is InChI=1S/C8H14N2O2/c9-7(11)2-8(10)1-5-3-12-4-6(5)8/h5-6H,1-4,10H2,(H2,9,11). The Bertz CT molecular complexity index is 219. The summed E-state index contributed by atoms with van der Waals surface area (Å²) in [5, 5.41) is 0. The third-order valence-electron chi connectivity index (χ3n) is 3.08. The number of carbonyl (C=O) groups is 1. The Kier molecular flexibility index (Phi) is 1.63. The minimum atomic E-state index is -0.354. The van der Waals surface area contributed by atoms with Crippen LogP contribution in [0, 0.1) is 11.8 Å². The van der Waals surface area contributed by atoms with Gasteiger partial charge in [-0.2, -0.15) is 0 Å². The van der Waals surface area contributed by atoms with Crippen LogP contribution in [-0.4, -0.2) is 24.7 Å². The molecule has 3 atom stereocenters. The quantitative estimate of drug-likeness (QED) is 0.571. The second-order valence-electron chi connectivity index (χ2n) is 3.98. The van der Waals surface area contributed by atoms with E-state index in [-0.39, 0.29) is 11.4 Å². The molecule has 0 spiro atoms. The van der Waals surface area contributed by atoms with Gasteiger partial charge in [-0.15, -0.1) is 0 Å². The van der Waals surface area contributed by atoms with Crippen molar-refractivity contribution in [3.8, 4) is 0 Å². The maximum Gasteiger partial charge on any atom is 0.219 e. The maximum atomic E-state index is 10.7. The van der Waals surface area contributed by atoms with E-state index < -0.39 is 0 Å². The molecule has 0 bridgehead atoms. The third-order valence-corrected chi connectivity index (χ3v) is 3.08. The molecule has 1 saturated carbocycles. The highest BCUT2D eigenvalue weighted by atomic mass is 16.5. The molecule has 4 heteroatoms. The molecule has 4 nitrogen and oxygen atoms in total. The predicted octanol–water partition coefficient (Wildman–Crippen LogP) is -0.774. The molecule has 0 aromatic rings. The Hall–Kier alpha value is -0.610. The average Bonchev–Trinajstić information content (AvgIpc) is 2.29. The molecule has 2 fully saturated rings. The van der Waals surface area contributed by atoms with Crippen molar-refractivity contribution in [1.82, 2.24) is 0 Å². The summed E-state index contributed by atoms with van der Waals surface area (Å²) in [7, 11) is 0. The molecule has 4 N–H and O–H groups in total. The van der Waals surface area contributed by atoms with Crippen LogP contribution in [0.2, 0.25) is 0 Å². The highest BCUT2D eigenvalue weighted by Gasteiger charge is 2.54. The number of primary amides is 1. The normalized spacial score (nSPS) is 45.1. The minimum absolute atomic E-state index is 0.303. The summed E-state index contributed by atoms with van der Waals surface area (Å²) in [4.78, 5) is 10.7. The number of rotatable bonds is 2. The van der Waals surface area contributed by atoms with Gasteiger partial charge in [-0.3, -0.25) is 4.79 Å². The van der Waals surface area contributed by atoms with Gasteiger partial charge in [0.25, 0.3) is 0 Å². The van der Waals surface area contributed by atoms with Crippen molar-refractivity contribution < 1.29 is 9.53 Å². The Balaban J connectivity index is 2.00. The van der Waals surface area contributed by atoms with Gasteiger partial charge < -0.3 is 16.2 Å². The van der Waals surface area contributed by atoms with Crippen LogP contribution in [0.5, 0.6) is 0 Å². The van der Waals surface area contributed by atoms with E-state index >= 15 is 0 Å². The Morgan fingerprint density at radius 2 is 2.33 bits per heavy atom. The smallest absolute Gasteiger partial charge is 0.219 e. The topological polar surface area (TPSA) is 78.3 Å². The number of hydrogen-bond donors (Lipinski definition) is 2. The molecule has 1 saturated heterocycles. The van der Waals surface area contributed by atoms with Gasteiger partial charge in [0.1, 0.15) is 0 Å². The monoisotopic (exact) mass is 170 g/mol. The van der Waals surface area contributed by atoms with Crippen molar-refractivity contribution in [1.29, 1.82) is 0 Å². The van der Waals surface area contributed by atoms with Crippen LogP contribution in [0.3, 0.4) is 0 Å². The van der Waals surface area contributed by atoms with Gasteiger partial charge in [0.05, 0.1) is 6.61 Å². The molecule has 2 aliphatic rings. The number of fused-ring (bicyclic) bond motifs is 1. The predicted molar refractivity (Wildman–Crippen MR) is 43.1 cm³/mol. The first kappa shape index (κ1) is 8.01. The molecular weight excluding hydrogens is 156 g/mol. The second kappa shape index (κ2) is 2.44. The van der Waals surface area contributed by atoms with E-state index in [9.17, 15) is 4.79 Å². The van der Waals surface area contributed by atoms with Crippen LogP contribution in [0.25, 0.3) is 0 Å². The number of amides is 1. The Labute approximate surface area is 71.2 Å². The van der Waals surface area contributed by atoms with E-state index in [1.165, 1.54) is 0 Å². The summed E-state index contributed by atoms with van der Waals surface area (Å²) in [5.74, 6) is 0.641. The van der Waals surface area contributed by atoms with E-state index in [2.05, 4.69) is 0 Å². The van der Waals surface area contributed by atoms with Gasteiger partial charge in [0.15, 0.2) is 0 Å². The molecule has 0 aromatic carbocycles. The zero-order chi connectivity index (χ0) is 8.77. The molecule has 1 aliphatic carbocycles. The summed E-state index contributed by atoms with van der Waals surface area (Å²) in [6.07, 6.45) is 1.19. The summed E-state index contributed by atoms with van der Waals surface area (Å²) >= 11 is 0. The van der Waals surface area contributed by atoms with E-state index in [1.807, 2.05) is 0 Å². The lowest BCUT2D eigenvalue weighted by Crippen LogP contribution is -2.61. The molecule has 0 aromatic heterocycles. The summed E-state index contributed by atoms with van der Waals surface area (Å²) in [6, 6.07) is 0. The first-order valence-electron chi connectivity index (χ1n) is 4.27. The van der Waals surface area contributed by atoms with E-state index in [0.717, 1.165) is 13.0 Å². The summed E-state index contributed by atoms with van der Waals surface area (Å²) < 4.78 is 5.28. The van der Waals surface area contributed by atoms with Gasteiger partial charge >= 0.3 is 0 Å². The fraction of sp³-hybridized carbons (Fsp3) is 0.875. The minimum Gasteiger partial charge on any atom is -0.381 e. The number of carbonyl (C=O) groups excluding carboxylic acids is 1.